The zero-order valence-electron chi connectivity index (χ0n) is 22.8. The van der Waals surface area contributed by atoms with E-state index in [1.54, 1.807) is 37.1 Å². The summed E-state index contributed by atoms with van der Waals surface area (Å²) in [5.74, 6) is -1.30. The number of fused-ring (bicyclic) bond motifs is 5. The standard InChI is InChI=1S/C30H28ClFN6O3/c1-33-21-8-20(32)26(31)24-16(21)7-22-25(24)27(38-5-4-14-11-36(2)13-23(14)38)18(10-34-22)15-6-17-28(39)19(30(40)41)12-37(3)29(17)35-9-15/h6,8-10,12,14,23,33H,4-5,7,11,13H2,1-3H3,(H,40,41)/t14-,23?/m0/s1. The number of carboxylic acid groups (broad SMARTS) is 1. The second kappa shape index (κ2) is 9.25. The van der Waals surface area contributed by atoms with Crippen LogP contribution in [0.15, 0.2) is 35.5 Å². The number of likely N-dealkylation sites (N-methyl/N-ethyl adjacent to an activating group) is 1. The maximum Gasteiger partial charge on any atom is 0.341 e. The summed E-state index contributed by atoms with van der Waals surface area (Å²) in [6.07, 6.45) is 6.30. The van der Waals surface area contributed by atoms with Crippen LogP contribution in [0, 0.1) is 11.7 Å². The largest absolute Gasteiger partial charge is 0.477 e. The Morgan fingerprint density at radius 3 is 2.73 bits per heavy atom. The third kappa shape index (κ3) is 3.77. The van der Waals surface area contributed by atoms with Gasteiger partial charge in [0, 0.05) is 92.7 Å². The molecular formula is C30H28ClFN6O3. The highest BCUT2D eigenvalue weighted by molar-refractivity contribution is 6.34. The van der Waals surface area contributed by atoms with Gasteiger partial charge in [-0.05, 0) is 37.1 Å². The minimum atomic E-state index is -1.29. The molecule has 0 bridgehead atoms. The fraction of sp³-hybridized carbons (Fsp3) is 0.333. The van der Waals surface area contributed by atoms with Gasteiger partial charge in [0.2, 0.25) is 5.43 Å². The highest BCUT2D eigenvalue weighted by atomic mass is 35.5. The average molecular weight is 575 g/mol. The van der Waals surface area contributed by atoms with E-state index in [0.717, 1.165) is 54.1 Å². The summed E-state index contributed by atoms with van der Waals surface area (Å²) in [4.78, 5) is 39.1. The fourth-order valence-electron chi connectivity index (χ4n) is 7.06. The summed E-state index contributed by atoms with van der Waals surface area (Å²) in [5, 5.41) is 13.0. The van der Waals surface area contributed by atoms with Crippen LogP contribution >= 0.6 is 11.6 Å². The van der Waals surface area contributed by atoms with Crippen molar-refractivity contribution in [2.75, 3.05) is 43.9 Å². The molecule has 2 saturated heterocycles. The van der Waals surface area contributed by atoms with Gasteiger partial charge in [-0.2, -0.15) is 0 Å². The summed E-state index contributed by atoms with van der Waals surface area (Å²) in [5.41, 5.74) is 5.58. The Labute approximate surface area is 240 Å². The Hall–Kier alpha value is -4.02. The number of carboxylic acids is 1. The van der Waals surface area contributed by atoms with Crippen molar-refractivity contribution in [1.82, 2.24) is 19.4 Å². The molecule has 11 heteroatoms. The van der Waals surface area contributed by atoms with E-state index in [-0.39, 0.29) is 22.0 Å². The van der Waals surface area contributed by atoms with Crippen LogP contribution in [-0.2, 0) is 13.5 Å². The maximum atomic E-state index is 15.2. The average Bonchev–Trinajstić information content (AvgIpc) is 3.64. The zero-order chi connectivity index (χ0) is 28.7. The van der Waals surface area contributed by atoms with Gasteiger partial charge < -0.3 is 24.8 Å². The summed E-state index contributed by atoms with van der Waals surface area (Å²) in [6.45, 7) is 2.72. The Bertz CT molecular complexity index is 1860. The number of likely N-dealkylation sites (tertiary alicyclic amines) is 1. The molecule has 1 aliphatic carbocycles. The van der Waals surface area contributed by atoms with Gasteiger partial charge in [0.05, 0.1) is 21.8 Å². The first-order valence-electron chi connectivity index (χ1n) is 13.6. The van der Waals surface area contributed by atoms with Crippen LogP contribution in [0.2, 0.25) is 5.02 Å². The SMILES string of the molecule is CNc1cc(F)c(Cl)c2c1Cc1ncc(-c3cnc4c(c3)c(=O)c(C(=O)O)cn4C)c(N3CC[C@H]4CN(C)CC43)c1-2. The lowest BCUT2D eigenvalue weighted by Gasteiger charge is -2.31. The highest BCUT2D eigenvalue weighted by Crippen LogP contribution is 2.53. The van der Waals surface area contributed by atoms with Crippen LogP contribution < -0.4 is 15.6 Å². The lowest BCUT2D eigenvalue weighted by molar-refractivity contribution is 0.0695. The molecule has 1 unspecified atom stereocenters. The predicted octanol–water partition coefficient (Wildman–Crippen LogP) is 4.24. The number of aryl methyl sites for hydroxylation is 1. The Balaban J connectivity index is 1.52. The van der Waals surface area contributed by atoms with E-state index in [9.17, 15) is 14.7 Å². The lowest BCUT2D eigenvalue weighted by Crippen LogP contribution is -2.35. The molecule has 3 aliphatic rings. The number of pyridine rings is 3. The number of rotatable bonds is 4. The van der Waals surface area contributed by atoms with Crippen molar-refractivity contribution in [2.24, 2.45) is 13.0 Å². The van der Waals surface area contributed by atoms with E-state index in [1.165, 1.54) is 12.3 Å². The van der Waals surface area contributed by atoms with E-state index in [4.69, 9.17) is 16.6 Å². The number of anilines is 2. The monoisotopic (exact) mass is 574 g/mol. The van der Waals surface area contributed by atoms with Crippen molar-refractivity contribution in [3.8, 4) is 22.3 Å². The number of aromatic carboxylic acids is 1. The van der Waals surface area contributed by atoms with Crippen LogP contribution in [0.5, 0.6) is 0 Å². The summed E-state index contributed by atoms with van der Waals surface area (Å²) in [7, 11) is 5.55. The van der Waals surface area contributed by atoms with Crippen LogP contribution in [0.1, 0.15) is 28.0 Å². The van der Waals surface area contributed by atoms with Gasteiger partial charge in [-0.25, -0.2) is 14.2 Å². The van der Waals surface area contributed by atoms with Crippen LogP contribution in [0.3, 0.4) is 0 Å². The number of halogens is 2. The number of hydrogen-bond donors (Lipinski definition) is 2. The number of carbonyl (C=O) groups is 1. The van der Waals surface area contributed by atoms with Crippen LogP contribution in [0.25, 0.3) is 33.3 Å². The van der Waals surface area contributed by atoms with Crippen molar-refractivity contribution in [1.29, 1.82) is 0 Å². The Morgan fingerprint density at radius 2 is 1.98 bits per heavy atom. The maximum absolute atomic E-state index is 15.2. The lowest BCUT2D eigenvalue weighted by atomic mass is 9.96. The third-order valence-corrected chi connectivity index (χ3v) is 9.26. The molecule has 2 fully saturated rings. The smallest absolute Gasteiger partial charge is 0.341 e. The normalized spacial score (nSPS) is 19.5. The molecule has 7 rings (SSSR count). The number of aromatic nitrogens is 3. The zero-order valence-corrected chi connectivity index (χ0v) is 23.6. The Kier molecular flexibility index (Phi) is 5.85. The fourth-order valence-corrected chi connectivity index (χ4v) is 7.32. The van der Waals surface area contributed by atoms with E-state index in [2.05, 4.69) is 27.1 Å². The summed E-state index contributed by atoms with van der Waals surface area (Å²) >= 11 is 6.70. The molecule has 2 N–H and O–H groups in total. The second-order valence-electron chi connectivity index (χ2n) is 11.3. The van der Waals surface area contributed by atoms with Gasteiger partial charge in [0.25, 0.3) is 0 Å². The molecule has 0 spiro atoms. The number of nitrogens with zero attached hydrogens (tertiary/aromatic N) is 5. The van der Waals surface area contributed by atoms with Crippen LogP contribution in [-0.4, -0.2) is 70.3 Å². The molecule has 0 radical (unpaired) electrons. The third-order valence-electron chi connectivity index (χ3n) is 8.89. The molecule has 5 heterocycles. The molecule has 210 valence electrons. The minimum Gasteiger partial charge on any atom is -0.477 e. The molecule has 3 aromatic heterocycles. The molecule has 4 aromatic rings. The van der Waals surface area contributed by atoms with Gasteiger partial charge in [-0.3, -0.25) is 9.78 Å². The summed E-state index contributed by atoms with van der Waals surface area (Å²) < 4.78 is 16.7. The van der Waals surface area contributed by atoms with Gasteiger partial charge in [0.1, 0.15) is 17.0 Å². The molecule has 0 saturated carbocycles. The first-order valence-corrected chi connectivity index (χ1v) is 13.9. The Morgan fingerprint density at radius 1 is 1.17 bits per heavy atom. The van der Waals surface area contributed by atoms with E-state index in [1.807, 2.05) is 0 Å². The van der Waals surface area contributed by atoms with Gasteiger partial charge in [0.15, 0.2) is 0 Å². The number of hydrogen-bond acceptors (Lipinski definition) is 7. The first kappa shape index (κ1) is 25.9. The van der Waals surface area contributed by atoms with Crippen molar-refractivity contribution in [3.05, 3.63) is 68.6 Å². The predicted molar refractivity (Wildman–Crippen MR) is 157 cm³/mol. The summed E-state index contributed by atoms with van der Waals surface area (Å²) in [6, 6.07) is 3.37. The van der Waals surface area contributed by atoms with Gasteiger partial charge in [-0.15, -0.1) is 0 Å². The first-order chi connectivity index (χ1) is 19.7. The highest BCUT2D eigenvalue weighted by Gasteiger charge is 2.43. The molecule has 2 aliphatic heterocycles. The minimum absolute atomic E-state index is 0.0637. The molecular weight excluding hydrogens is 547 g/mol. The topological polar surface area (TPSA) is 104 Å². The molecule has 41 heavy (non-hydrogen) atoms. The molecule has 0 amide bonds. The molecule has 1 aromatic carbocycles. The van der Waals surface area contributed by atoms with E-state index >= 15 is 4.39 Å². The van der Waals surface area contributed by atoms with Crippen molar-refractivity contribution < 1.29 is 14.3 Å². The van der Waals surface area contributed by atoms with Gasteiger partial charge in [-0.1, -0.05) is 11.6 Å². The van der Waals surface area contributed by atoms with Crippen molar-refractivity contribution >= 4 is 40.0 Å². The quantitative estimate of drug-likeness (QED) is 0.329. The van der Waals surface area contributed by atoms with Gasteiger partial charge >= 0.3 is 5.97 Å². The van der Waals surface area contributed by atoms with E-state index < -0.39 is 17.2 Å². The molecule has 2 atom stereocenters. The second-order valence-corrected chi connectivity index (χ2v) is 11.6. The van der Waals surface area contributed by atoms with Crippen molar-refractivity contribution in [2.45, 2.75) is 18.9 Å². The number of benzene rings is 1. The number of nitrogens with one attached hydrogen (secondary N) is 1. The van der Waals surface area contributed by atoms with Crippen LogP contribution in [0.4, 0.5) is 15.8 Å². The van der Waals surface area contributed by atoms with E-state index in [0.29, 0.717) is 34.8 Å². The molecule has 9 nitrogen and oxygen atoms in total. The van der Waals surface area contributed by atoms with Crippen molar-refractivity contribution in [3.63, 3.8) is 0 Å².